The van der Waals surface area contributed by atoms with Gasteiger partial charge in [-0.25, -0.2) is 4.39 Å². The molecule has 0 spiro atoms. The van der Waals surface area contributed by atoms with Crippen LogP contribution >= 0.6 is 11.3 Å². The quantitative estimate of drug-likeness (QED) is 0.864. The summed E-state index contributed by atoms with van der Waals surface area (Å²) < 4.78 is 13.6. The molecule has 0 aliphatic heterocycles. The maximum Gasteiger partial charge on any atom is 0.127 e. The van der Waals surface area contributed by atoms with E-state index in [2.05, 4.69) is 23.7 Å². The van der Waals surface area contributed by atoms with Crippen LogP contribution in [0.5, 0.6) is 0 Å². The van der Waals surface area contributed by atoms with E-state index in [9.17, 15) is 4.39 Å². The number of thiophene rings is 1. The van der Waals surface area contributed by atoms with Crippen molar-refractivity contribution in [2.24, 2.45) is 0 Å². The average Bonchev–Trinajstić information content (AvgIpc) is 2.75. The Morgan fingerprint density at radius 3 is 2.71 bits per heavy atom. The first-order chi connectivity index (χ1) is 8.20. The molecule has 1 N–H and O–H groups in total. The third-order valence-corrected chi connectivity index (χ3v) is 3.54. The smallest absolute Gasteiger partial charge is 0.127 e. The Hall–Kier alpha value is -1.19. The second kappa shape index (κ2) is 5.43. The first-order valence-corrected chi connectivity index (χ1v) is 6.63. The maximum absolute atomic E-state index is 13.6. The molecule has 0 saturated heterocycles. The van der Waals surface area contributed by atoms with E-state index in [4.69, 9.17) is 0 Å². The molecule has 0 amide bonds. The number of aryl methyl sites for hydroxylation is 1. The van der Waals surface area contributed by atoms with Crippen LogP contribution in [0.2, 0.25) is 0 Å². The SMILES string of the molecule is CCNCc1cc(-c2csc(C)c2)ccc1F. The number of benzene rings is 1. The highest BCUT2D eigenvalue weighted by Gasteiger charge is 2.05. The van der Waals surface area contributed by atoms with Gasteiger partial charge in [-0.3, -0.25) is 0 Å². The van der Waals surface area contributed by atoms with Crippen LogP contribution in [0.25, 0.3) is 11.1 Å². The predicted molar refractivity (Wildman–Crippen MR) is 71.8 cm³/mol. The van der Waals surface area contributed by atoms with Gasteiger partial charge in [0, 0.05) is 17.0 Å². The van der Waals surface area contributed by atoms with Crippen LogP contribution in [0.3, 0.4) is 0 Å². The van der Waals surface area contributed by atoms with Crippen LogP contribution in [-0.2, 0) is 6.54 Å². The number of rotatable bonds is 4. The molecule has 1 aromatic carbocycles. The van der Waals surface area contributed by atoms with Crippen molar-refractivity contribution in [2.45, 2.75) is 20.4 Å². The molecular formula is C14H16FNS. The van der Waals surface area contributed by atoms with Gasteiger partial charge in [0.25, 0.3) is 0 Å². The highest BCUT2D eigenvalue weighted by atomic mass is 32.1. The predicted octanol–water partition coefficient (Wildman–Crippen LogP) is 3.97. The van der Waals surface area contributed by atoms with Crippen LogP contribution in [0.1, 0.15) is 17.4 Å². The molecule has 17 heavy (non-hydrogen) atoms. The van der Waals surface area contributed by atoms with Crippen molar-refractivity contribution >= 4 is 11.3 Å². The fourth-order valence-electron chi connectivity index (χ4n) is 1.74. The number of halogens is 1. The van der Waals surface area contributed by atoms with Gasteiger partial charge in [-0.15, -0.1) is 11.3 Å². The number of nitrogens with one attached hydrogen (secondary N) is 1. The van der Waals surface area contributed by atoms with E-state index in [0.29, 0.717) is 6.54 Å². The lowest BCUT2D eigenvalue weighted by molar-refractivity contribution is 0.593. The Kier molecular flexibility index (Phi) is 3.92. The molecule has 0 fully saturated rings. The van der Waals surface area contributed by atoms with Crippen molar-refractivity contribution < 1.29 is 4.39 Å². The maximum atomic E-state index is 13.6. The molecule has 90 valence electrons. The summed E-state index contributed by atoms with van der Waals surface area (Å²) in [6.07, 6.45) is 0. The third kappa shape index (κ3) is 2.93. The van der Waals surface area contributed by atoms with Gasteiger partial charge in [0.05, 0.1) is 0 Å². The second-order valence-corrected chi connectivity index (χ2v) is 5.15. The third-order valence-electron chi connectivity index (χ3n) is 2.68. The Bertz CT molecular complexity index is 505. The van der Waals surface area contributed by atoms with Gasteiger partial charge in [-0.05, 0) is 48.2 Å². The summed E-state index contributed by atoms with van der Waals surface area (Å²) in [5.74, 6) is -0.137. The van der Waals surface area contributed by atoms with E-state index in [0.717, 1.165) is 17.7 Å². The minimum Gasteiger partial charge on any atom is -0.313 e. The highest BCUT2D eigenvalue weighted by Crippen LogP contribution is 2.26. The van der Waals surface area contributed by atoms with Gasteiger partial charge in [-0.2, -0.15) is 0 Å². The van der Waals surface area contributed by atoms with E-state index in [1.807, 2.05) is 19.1 Å². The molecule has 2 rings (SSSR count). The molecule has 0 unspecified atom stereocenters. The summed E-state index contributed by atoms with van der Waals surface area (Å²) in [5.41, 5.74) is 2.99. The topological polar surface area (TPSA) is 12.0 Å². The summed E-state index contributed by atoms with van der Waals surface area (Å²) in [5, 5.41) is 5.26. The molecule has 0 aliphatic rings. The molecule has 0 radical (unpaired) electrons. The summed E-state index contributed by atoms with van der Waals surface area (Å²) in [7, 11) is 0. The van der Waals surface area contributed by atoms with Crippen LogP contribution in [0.15, 0.2) is 29.6 Å². The Morgan fingerprint density at radius 2 is 2.06 bits per heavy atom. The lowest BCUT2D eigenvalue weighted by Crippen LogP contribution is -2.12. The largest absolute Gasteiger partial charge is 0.313 e. The number of hydrogen-bond donors (Lipinski definition) is 1. The van der Waals surface area contributed by atoms with Crippen LogP contribution < -0.4 is 5.32 Å². The highest BCUT2D eigenvalue weighted by molar-refractivity contribution is 7.10. The number of hydrogen-bond acceptors (Lipinski definition) is 2. The Morgan fingerprint density at radius 1 is 1.24 bits per heavy atom. The first-order valence-electron chi connectivity index (χ1n) is 5.75. The molecule has 1 aromatic heterocycles. The molecule has 0 bridgehead atoms. The van der Waals surface area contributed by atoms with Crippen LogP contribution in [0, 0.1) is 12.7 Å². The van der Waals surface area contributed by atoms with Gasteiger partial charge in [0.15, 0.2) is 0 Å². The fourth-order valence-corrected chi connectivity index (χ4v) is 2.46. The van der Waals surface area contributed by atoms with Crippen molar-refractivity contribution in [3.05, 3.63) is 45.9 Å². The Balaban J connectivity index is 2.30. The fraction of sp³-hybridized carbons (Fsp3) is 0.286. The summed E-state index contributed by atoms with van der Waals surface area (Å²) in [6.45, 7) is 5.53. The lowest BCUT2D eigenvalue weighted by Gasteiger charge is -2.06. The first kappa shape index (κ1) is 12.3. The van der Waals surface area contributed by atoms with Gasteiger partial charge < -0.3 is 5.32 Å². The molecular weight excluding hydrogens is 233 g/mol. The molecule has 2 aromatic rings. The van der Waals surface area contributed by atoms with Crippen molar-refractivity contribution in [3.8, 4) is 11.1 Å². The molecule has 1 nitrogen and oxygen atoms in total. The van der Waals surface area contributed by atoms with E-state index in [1.165, 1.54) is 10.4 Å². The van der Waals surface area contributed by atoms with Gasteiger partial charge in [0.2, 0.25) is 0 Å². The van der Waals surface area contributed by atoms with E-state index < -0.39 is 0 Å². The standard InChI is InChI=1S/C14H16FNS/c1-3-16-8-12-7-11(4-5-14(12)15)13-6-10(2)17-9-13/h4-7,9,16H,3,8H2,1-2H3. The van der Waals surface area contributed by atoms with Crippen molar-refractivity contribution in [1.82, 2.24) is 5.32 Å². The molecule has 0 aliphatic carbocycles. The zero-order chi connectivity index (χ0) is 12.3. The summed E-state index contributed by atoms with van der Waals surface area (Å²) in [6, 6.07) is 7.45. The van der Waals surface area contributed by atoms with Crippen molar-refractivity contribution in [1.29, 1.82) is 0 Å². The van der Waals surface area contributed by atoms with E-state index in [1.54, 1.807) is 17.4 Å². The molecule has 0 saturated carbocycles. The summed E-state index contributed by atoms with van der Waals surface area (Å²) >= 11 is 1.72. The normalized spacial score (nSPS) is 10.8. The van der Waals surface area contributed by atoms with Crippen LogP contribution in [0.4, 0.5) is 4.39 Å². The second-order valence-electron chi connectivity index (χ2n) is 4.03. The zero-order valence-corrected chi connectivity index (χ0v) is 10.9. The average molecular weight is 249 g/mol. The van der Waals surface area contributed by atoms with Gasteiger partial charge >= 0.3 is 0 Å². The zero-order valence-electron chi connectivity index (χ0n) is 10.1. The van der Waals surface area contributed by atoms with Crippen molar-refractivity contribution in [2.75, 3.05) is 6.54 Å². The minimum atomic E-state index is -0.137. The van der Waals surface area contributed by atoms with Crippen LogP contribution in [-0.4, -0.2) is 6.54 Å². The van der Waals surface area contributed by atoms with E-state index in [-0.39, 0.29) is 5.82 Å². The minimum absolute atomic E-state index is 0.137. The monoisotopic (exact) mass is 249 g/mol. The van der Waals surface area contributed by atoms with Gasteiger partial charge in [0.1, 0.15) is 5.82 Å². The Labute approximate surface area is 105 Å². The van der Waals surface area contributed by atoms with Gasteiger partial charge in [-0.1, -0.05) is 13.0 Å². The molecule has 3 heteroatoms. The lowest BCUT2D eigenvalue weighted by atomic mass is 10.0. The summed E-state index contributed by atoms with van der Waals surface area (Å²) in [4.78, 5) is 1.28. The molecule has 1 heterocycles. The van der Waals surface area contributed by atoms with Crippen molar-refractivity contribution in [3.63, 3.8) is 0 Å². The van der Waals surface area contributed by atoms with E-state index >= 15 is 0 Å². The molecule has 0 atom stereocenters.